The average Bonchev–Trinajstić information content (AvgIpc) is 3.12. The van der Waals surface area contributed by atoms with Crippen molar-refractivity contribution in [2.45, 2.75) is 6.61 Å². The van der Waals surface area contributed by atoms with Crippen molar-refractivity contribution in [2.24, 2.45) is 0 Å². The molecule has 1 aliphatic rings. The van der Waals surface area contributed by atoms with Crippen LogP contribution in [0.15, 0.2) is 77.7 Å². The molecule has 0 radical (unpaired) electrons. The molecule has 0 atom stereocenters. The van der Waals surface area contributed by atoms with Gasteiger partial charge in [-0.1, -0.05) is 48.0 Å². The molecule has 3 aromatic rings. The molecule has 1 heterocycles. The largest absolute Gasteiger partial charge is 0.493 e. The standard InChI is InChI=1S/C26H22ClNO5S/c1-31-22-12-9-19(15-23(22)33-17-18-7-10-20(27)11-8-18)16-24-25(29)28(26(30)34-24)13-14-32-21-5-3-2-4-6-21/h2-12,15-16H,13-14,17H2,1H3/b24-16-. The number of amides is 2. The van der Waals surface area contributed by atoms with Gasteiger partial charge in [-0.15, -0.1) is 0 Å². The maximum absolute atomic E-state index is 12.8. The van der Waals surface area contributed by atoms with E-state index in [9.17, 15) is 9.59 Å². The third kappa shape index (κ3) is 5.92. The summed E-state index contributed by atoms with van der Waals surface area (Å²) < 4.78 is 17.0. The van der Waals surface area contributed by atoms with Crippen molar-refractivity contribution in [1.29, 1.82) is 0 Å². The molecular formula is C26H22ClNO5S. The molecule has 34 heavy (non-hydrogen) atoms. The number of carbonyl (C=O) groups excluding carboxylic acids is 2. The average molecular weight is 496 g/mol. The number of nitrogens with zero attached hydrogens (tertiary/aromatic N) is 1. The first-order valence-corrected chi connectivity index (χ1v) is 11.7. The predicted octanol–water partition coefficient (Wildman–Crippen LogP) is 6.04. The summed E-state index contributed by atoms with van der Waals surface area (Å²) in [5.41, 5.74) is 1.67. The smallest absolute Gasteiger partial charge is 0.293 e. The van der Waals surface area contributed by atoms with Gasteiger partial charge in [0, 0.05) is 5.02 Å². The first kappa shape index (κ1) is 23.7. The van der Waals surface area contributed by atoms with Crippen LogP contribution in [0.1, 0.15) is 11.1 Å². The van der Waals surface area contributed by atoms with Crippen molar-refractivity contribution in [1.82, 2.24) is 4.90 Å². The summed E-state index contributed by atoms with van der Waals surface area (Å²) >= 11 is 6.84. The molecule has 8 heteroatoms. The van der Waals surface area contributed by atoms with E-state index in [1.54, 1.807) is 43.5 Å². The van der Waals surface area contributed by atoms with Crippen LogP contribution in [0.5, 0.6) is 17.2 Å². The molecule has 3 aromatic carbocycles. The van der Waals surface area contributed by atoms with E-state index >= 15 is 0 Å². The van der Waals surface area contributed by atoms with Crippen molar-refractivity contribution in [3.63, 3.8) is 0 Å². The van der Waals surface area contributed by atoms with Crippen molar-refractivity contribution < 1.29 is 23.8 Å². The van der Waals surface area contributed by atoms with Crippen LogP contribution in [0.3, 0.4) is 0 Å². The van der Waals surface area contributed by atoms with Gasteiger partial charge in [0.2, 0.25) is 0 Å². The van der Waals surface area contributed by atoms with Gasteiger partial charge < -0.3 is 14.2 Å². The minimum atomic E-state index is -0.342. The number of thioether (sulfide) groups is 1. The normalized spacial score (nSPS) is 14.5. The Morgan fingerprint density at radius 1 is 0.941 bits per heavy atom. The van der Waals surface area contributed by atoms with Gasteiger partial charge in [0.1, 0.15) is 19.0 Å². The Labute approximate surface area is 207 Å². The second kappa shape index (κ2) is 11.1. The maximum atomic E-state index is 12.8. The zero-order valence-electron chi connectivity index (χ0n) is 18.4. The van der Waals surface area contributed by atoms with E-state index in [0.717, 1.165) is 22.9 Å². The van der Waals surface area contributed by atoms with Gasteiger partial charge in [-0.05, 0) is 65.4 Å². The Balaban J connectivity index is 1.43. The molecule has 1 fully saturated rings. The number of hydrogen-bond acceptors (Lipinski definition) is 6. The monoisotopic (exact) mass is 495 g/mol. The number of ether oxygens (including phenoxy) is 3. The lowest BCUT2D eigenvalue weighted by molar-refractivity contribution is -0.123. The number of carbonyl (C=O) groups is 2. The quantitative estimate of drug-likeness (QED) is 0.337. The van der Waals surface area contributed by atoms with Crippen LogP contribution in [0, 0.1) is 0 Å². The lowest BCUT2D eigenvalue weighted by Gasteiger charge is -2.13. The summed E-state index contributed by atoms with van der Waals surface area (Å²) in [6.45, 7) is 0.727. The van der Waals surface area contributed by atoms with Crippen LogP contribution in [-0.4, -0.2) is 36.3 Å². The number of imide groups is 1. The predicted molar refractivity (Wildman–Crippen MR) is 133 cm³/mol. The molecule has 0 aromatic heterocycles. The molecule has 0 spiro atoms. The van der Waals surface area contributed by atoms with E-state index in [4.69, 9.17) is 25.8 Å². The van der Waals surface area contributed by atoms with Gasteiger partial charge in [0.05, 0.1) is 18.6 Å². The molecule has 0 N–H and O–H groups in total. The Bertz CT molecular complexity index is 1200. The Hall–Kier alpha value is -3.42. The first-order valence-electron chi connectivity index (χ1n) is 10.5. The summed E-state index contributed by atoms with van der Waals surface area (Å²) in [6, 6.07) is 22.0. The van der Waals surface area contributed by atoms with E-state index in [0.29, 0.717) is 33.8 Å². The summed E-state index contributed by atoms with van der Waals surface area (Å²) in [5.74, 6) is 1.44. The molecule has 0 unspecified atom stereocenters. The zero-order valence-corrected chi connectivity index (χ0v) is 20.0. The minimum absolute atomic E-state index is 0.176. The van der Waals surface area contributed by atoms with Gasteiger partial charge >= 0.3 is 0 Å². The van der Waals surface area contributed by atoms with Crippen LogP contribution in [-0.2, 0) is 11.4 Å². The molecule has 0 aliphatic carbocycles. The maximum Gasteiger partial charge on any atom is 0.293 e. The van der Waals surface area contributed by atoms with Crippen molar-refractivity contribution >= 4 is 40.6 Å². The van der Waals surface area contributed by atoms with Gasteiger partial charge in [-0.2, -0.15) is 0 Å². The molecule has 0 saturated carbocycles. The van der Waals surface area contributed by atoms with Gasteiger partial charge in [0.25, 0.3) is 11.1 Å². The van der Waals surface area contributed by atoms with Crippen molar-refractivity contribution in [3.8, 4) is 17.2 Å². The number of methoxy groups -OCH3 is 1. The zero-order chi connectivity index (χ0) is 23.9. The topological polar surface area (TPSA) is 65.1 Å². The fraction of sp³-hybridized carbons (Fsp3) is 0.154. The summed E-state index contributed by atoms with van der Waals surface area (Å²) in [4.78, 5) is 26.7. The highest BCUT2D eigenvalue weighted by Crippen LogP contribution is 2.34. The van der Waals surface area contributed by atoms with E-state index in [1.807, 2.05) is 42.5 Å². The fourth-order valence-corrected chi connectivity index (χ4v) is 4.24. The molecule has 1 saturated heterocycles. The number of benzene rings is 3. The summed E-state index contributed by atoms with van der Waals surface area (Å²) in [7, 11) is 1.56. The van der Waals surface area contributed by atoms with E-state index in [2.05, 4.69) is 0 Å². The Kier molecular flexibility index (Phi) is 7.77. The van der Waals surface area contributed by atoms with Crippen LogP contribution >= 0.6 is 23.4 Å². The highest BCUT2D eigenvalue weighted by atomic mass is 35.5. The third-order valence-electron chi connectivity index (χ3n) is 4.99. The molecule has 174 valence electrons. The van der Waals surface area contributed by atoms with E-state index < -0.39 is 0 Å². The first-order chi connectivity index (χ1) is 16.5. The lowest BCUT2D eigenvalue weighted by Crippen LogP contribution is -2.32. The van der Waals surface area contributed by atoms with E-state index in [1.165, 1.54) is 4.90 Å². The molecule has 2 amide bonds. The minimum Gasteiger partial charge on any atom is -0.493 e. The SMILES string of the molecule is COc1ccc(/C=C2\SC(=O)N(CCOc3ccccc3)C2=O)cc1OCc1ccc(Cl)cc1. The van der Waals surface area contributed by atoms with Crippen LogP contribution in [0.4, 0.5) is 4.79 Å². The van der Waals surface area contributed by atoms with Gasteiger partial charge in [0.15, 0.2) is 11.5 Å². The molecule has 6 nitrogen and oxygen atoms in total. The highest BCUT2D eigenvalue weighted by molar-refractivity contribution is 8.18. The van der Waals surface area contributed by atoms with Crippen molar-refractivity contribution in [3.05, 3.63) is 93.9 Å². The fourth-order valence-electron chi connectivity index (χ4n) is 3.25. The number of halogens is 1. The van der Waals surface area contributed by atoms with E-state index in [-0.39, 0.29) is 24.3 Å². The van der Waals surface area contributed by atoms with Gasteiger partial charge in [-0.25, -0.2) is 0 Å². The molecule has 4 rings (SSSR count). The van der Waals surface area contributed by atoms with Crippen LogP contribution < -0.4 is 14.2 Å². The number of rotatable bonds is 9. The second-order valence-corrected chi connectivity index (χ2v) is 8.75. The lowest BCUT2D eigenvalue weighted by atomic mass is 10.1. The third-order valence-corrected chi connectivity index (χ3v) is 6.15. The van der Waals surface area contributed by atoms with Crippen molar-refractivity contribution in [2.75, 3.05) is 20.3 Å². The Morgan fingerprint density at radius 3 is 2.44 bits per heavy atom. The summed E-state index contributed by atoms with van der Waals surface area (Å²) in [6.07, 6.45) is 1.68. The highest BCUT2D eigenvalue weighted by Gasteiger charge is 2.34. The number of hydrogen-bond donors (Lipinski definition) is 0. The second-order valence-electron chi connectivity index (χ2n) is 7.32. The molecular weight excluding hydrogens is 474 g/mol. The van der Waals surface area contributed by atoms with Crippen LogP contribution in [0.25, 0.3) is 6.08 Å². The molecule has 0 bridgehead atoms. The number of para-hydroxylation sites is 1. The molecule has 1 aliphatic heterocycles. The summed E-state index contributed by atoms with van der Waals surface area (Å²) in [5, 5.41) is 0.338. The van der Waals surface area contributed by atoms with Crippen LogP contribution in [0.2, 0.25) is 5.02 Å². The van der Waals surface area contributed by atoms with Gasteiger partial charge in [-0.3, -0.25) is 14.5 Å². The Morgan fingerprint density at radius 2 is 1.71 bits per heavy atom.